The van der Waals surface area contributed by atoms with Crippen molar-refractivity contribution in [2.75, 3.05) is 5.73 Å². The molecule has 0 aliphatic rings. The highest BCUT2D eigenvalue weighted by Crippen LogP contribution is 2.20. The van der Waals surface area contributed by atoms with Gasteiger partial charge in [0.05, 0.1) is 5.52 Å². The van der Waals surface area contributed by atoms with Gasteiger partial charge in [-0.2, -0.15) is 0 Å². The zero-order chi connectivity index (χ0) is 9.59. The molecule has 2 rings (SSSR count). The van der Waals surface area contributed by atoms with Crippen molar-refractivity contribution in [2.24, 2.45) is 0 Å². The summed E-state index contributed by atoms with van der Waals surface area (Å²) in [5.74, 6) is 0.561. The Morgan fingerprint density at radius 3 is 2.54 bits per heavy atom. The molecule has 0 atom stereocenters. The first-order valence-electron chi connectivity index (χ1n) is 4.31. The van der Waals surface area contributed by atoms with Crippen molar-refractivity contribution >= 4 is 11.5 Å². The van der Waals surface area contributed by atoms with Gasteiger partial charge in [-0.1, -0.05) is 0 Å². The number of fused-ring (bicyclic) bond motifs is 1. The van der Waals surface area contributed by atoms with E-state index in [4.69, 9.17) is 5.73 Å². The minimum absolute atomic E-state index is 0.561. The number of hydrogen-bond donors (Lipinski definition) is 1. The summed E-state index contributed by atoms with van der Waals surface area (Å²) in [4.78, 5) is 4.12. The van der Waals surface area contributed by atoms with Crippen LogP contribution in [0.2, 0.25) is 0 Å². The van der Waals surface area contributed by atoms with Gasteiger partial charge in [-0.25, -0.2) is 4.98 Å². The van der Waals surface area contributed by atoms with E-state index < -0.39 is 0 Å². The van der Waals surface area contributed by atoms with E-state index in [2.05, 4.69) is 18.0 Å². The Kier molecular flexibility index (Phi) is 1.55. The summed E-state index contributed by atoms with van der Waals surface area (Å²) in [5, 5.41) is 0. The van der Waals surface area contributed by atoms with Gasteiger partial charge in [-0.05, 0) is 38.0 Å². The standard InChI is InChI=1S/C10H13N3/c1-6-4-8(3)13-9(6)7(2)5-12-10(13)11/h4-5H,1-3H3,(H2,11,12). The predicted molar refractivity (Wildman–Crippen MR) is 53.8 cm³/mol. The first-order chi connectivity index (χ1) is 6.11. The van der Waals surface area contributed by atoms with Gasteiger partial charge in [0.2, 0.25) is 5.95 Å². The summed E-state index contributed by atoms with van der Waals surface area (Å²) >= 11 is 0. The number of nitrogen functional groups attached to an aromatic ring is 1. The third kappa shape index (κ3) is 1.00. The number of aryl methyl sites for hydroxylation is 3. The smallest absolute Gasteiger partial charge is 0.204 e. The third-order valence-electron chi connectivity index (χ3n) is 2.37. The highest BCUT2D eigenvalue weighted by molar-refractivity contribution is 5.64. The molecule has 0 fully saturated rings. The van der Waals surface area contributed by atoms with Gasteiger partial charge in [0.25, 0.3) is 0 Å². The van der Waals surface area contributed by atoms with E-state index in [-0.39, 0.29) is 0 Å². The SMILES string of the molecule is Cc1cnc(N)n2c(C)cc(C)c12. The van der Waals surface area contributed by atoms with Crippen LogP contribution in [0.15, 0.2) is 12.3 Å². The van der Waals surface area contributed by atoms with Crippen molar-refractivity contribution in [3.63, 3.8) is 0 Å². The van der Waals surface area contributed by atoms with Crippen LogP contribution in [0.25, 0.3) is 5.52 Å². The van der Waals surface area contributed by atoms with Crippen LogP contribution in [0.5, 0.6) is 0 Å². The van der Waals surface area contributed by atoms with E-state index in [9.17, 15) is 0 Å². The summed E-state index contributed by atoms with van der Waals surface area (Å²) in [5.41, 5.74) is 10.5. The highest BCUT2D eigenvalue weighted by Gasteiger charge is 2.07. The highest BCUT2D eigenvalue weighted by atomic mass is 15.1. The second kappa shape index (κ2) is 2.49. The monoisotopic (exact) mass is 175 g/mol. The number of nitrogens with two attached hydrogens (primary N) is 1. The molecule has 2 aromatic heterocycles. The van der Waals surface area contributed by atoms with Crippen LogP contribution in [0.4, 0.5) is 5.95 Å². The zero-order valence-electron chi connectivity index (χ0n) is 8.13. The van der Waals surface area contributed by atoms with Gasteiger partial charge in [0.15, 0.2) is 0 Å². The Morgan fingerprint density at radius 2 is 1.92 bits per heavy atom. The molecule has 0 aliphatic carbocycles. The second-order valence-electron chi connectivity index (χ2n) is 3.45. The Bertz CT molecular complexity index is 426. The Morgan fingerprint density at radius 1 is 1.23 bits per heavy atom. The lowest BCUT2D eigenvalue weighted by Gasteiger charge is -2.04. The first kappa shape index (κ1) is 8.10. The van der Waals surface area contributed by atoms with Crippen molar-refractivity contribution in [1.29, 1.82) is 0 Å². The van der Waals surface area contributed by atoms with Crippen molar-refractivity contribution in [3.8, 4) is 0 Å². The average molecular weight is 175 g/mol. The molecule has 2 aromatic rings. The molecule has 0 saturated carbocycles. The van der Waals surface area contributed by atoms with Gasteiger partial charge < -0.3 is 5.73 Å². The van der Waals surface area contributed by atoms with Crippen LogP contribution in [0.3, 0.4) is 0 Å². The molecular formula is C10H13N3. The molecule has 2 N–H and O–H groups in total. The largest absolute Gasteiger partial charge is 0.369 e. The van der Waals surface area contributed by atoms with Crippen molar-refractivity contribution in [2.45, 2.75) is 20.8 Å². The third-order valence-corrected chi connectivity index (χ3v) is 2.37. The van der Waals surface area contributed by atoms with Crippen LogP contribution in [-0.4, -0.2) is 9.38 Å². The van der Waals surface area contributed by atoms with Crippen molar-refractivity contribution in [3.05, 3.63) is 29.1 Å². The van der Waals surface area contributed by atoms with Crippen LogP contribution < -0.4 is 5.73 Å². The summed E-state index contributed by atoms with van der Waals surface area (Å²) in [6, 6.07) is 2.13. The normalized spacial score (nSPS) is 11.0. The fraction of sp³-hybridized carbons (Fsp3) is 0.300. The van der Waals surface area contributed by atoms with Crippen LogP contribution >= 0.6 is 0 Å². The molecule has 3 heteroatoms. The van der Waals surface area contributed by atoms with E-state index in [1.807, 2.05) is 24.4 Å². The van der Waals surface area contributed by atoms with Gasteiger partial charge in [-0.3, -0.25) is 4.40 Å². The second-order valence-corrected chi connectivity index (χ2v) is 3.45. The molecular weight excluding hydrogens is 162 g/mol. The average Bonchev–Trinajstić information content (AvgIpc) is 2.36. The number of anilines is 1. The molecule has 2 heterocycles. The molecule has 68 valence electrons. The summed E-state index contributed by atoms with van der Waals surface area (Å²) < 4.78 is 1.99. The van der Waals surface area contributed by atoms with Crippen LogP contribution in [0.1, 0.15) is 16.8 Å². The van der Waals surface area contributed by atoms with Gasteiger partial charge in [0, 0.05) is 11.9 Å². The Labute approximate surface area is 77.2 Å². The molecule has 13 heavy (non-hydrogen) atoms. The molecule has 0 saturated heterocycles. The van der Waals surface area contributed by atoms with E-state index >= 15 is 0 Å². The molecule has 0 radical (unpaired) electrons. The lowest BCUT2D eigenvalue weighted by molar-refractivity contribution is 1.05. The maximum absolute atomic E-state index is 5.79. The van der Waals surface area contributed by atoms with Gasteiger partial charge in [0.1, 0.15) is 0 Å². The Hall–Kier alpha value is -1.51. The van der Waals surface area contributed by atoms with Gasteiger partial charge in [-0.15, -0.1) is 0 Å². The lowest BCUT2D eigenvalue weighted by atomic mass is 10.2. The number of nitrogens with zero attached hydrogens (tertiary/aromatic N) is 2. The fourth-order valence-corrected chi connectivity index (χ4v) is 1.86. The summed E-state index contributed by atoms with van der Waals surface area (Å²) in [6.07, 6.45) is 1.82. The molecule has 0 spiro atoms. The fourth-order valence-electron chi connectivity index (χ4n) is 1.86. The van der Waals surface area contributed by atoms with E-state index in [0.717, 1.165) is 5.69 Å². The molecule has 0 amide bonds. The van der Waals surface area contributed by atoms with Gasteiger partial charge >= 0.3 is 0 Å². The van der Waals surface area contributed by atoms with Crippen LogP contribution in [-0.2, 0) is 0 Å². The summed E-state index contributed by atoms with van der Waals surface area (Å²) in [6.45, 7) is 6.18. The van der Waals surface area contributed by atoms with E-state index in [0.29, 0.717) is 5.95 Å². The maximum atomic E-state index is 5.79. The number of aromatic nitrogens is 2. The molecule has 0 aliphatic heterocycles. The van der Waals surface area contributed by atoms with Crippen molar-refractivity contribution in [1.82, 2.24) is 9.38 Å². The minimum Gasteiger partial charge on any atom is -0.369 e. The Balaban J connectivity index is 3.03. The number of hydrogen-bond acceptors (Lipinski definition) is 2. The molecule has 0 aromatic carbocycles. The van der Waals surface area contributed by atoms with E-state index in [1.54, 1.807) is 0 Å². The predicted octanol–water partition coefficient (Wildman–Crippen LogP) is 1.84. The summed E-state index contributed by atoms with van der Waals surface area (Å²) in [7, 11) is 0. The molecule has 3 nitrogen and oxygen atoms in total. The molecule has 0 bridgehead atoms. The molecule has 0 unspecified atom stereocenters. The zero-order valence-corrected chi connectivity index (χ0v) is 8.13. The lowest BCUT2D eigenvalue weighted by Crippen LogP contribution is -2.02. The topological polar surface area (TPSA) is 43.3 Å². The maximum Gasteiger partial charge on any atom is 0.204 e. The van der Waals surface area contributed by atoms with E-state index in [1.165, 1.54) is 16.6 Å². The minimum atomic E-state index is 0.561. The van der Waals surface area contributed by atoms with Crippen LogP contribution in [0, 0.1) is 20.8 Å². The van der Waals surface area contributed by atoms with Crippen molar-refractivity contribution < 1.29 is 0 Å². The number of rotatable bonds is 0. The quantitative estimate of drug-likeness (QED) is 0.664. The first-order valence-corrected chi connectivity index (χ1v) is 4.31.